The molecule has 1 N–H and O–H groups in total. The van der Waals surface area contributed by atoms with Crippen LogP contribution in [0.1, 0.15) is 31.6 Å². The van der Waals surface area contributed by atoms with E-state index in [4.69, 9.17) is 4.42 Å². The van der Waals surface area contributed by atoms with E-state index in [2.05, 4.69) is 15.2 Å². The second-order valence-electron chi connectivity index (χ2n) is 8.14. The molecular formula is C21H23FN4O2. The highest BCUT2D eigenvalue weighted by Gasteiger charge is 2.44. The molecule has 0 radical (unpaired) electrons. The van der Waals surface area contributed by atoms with Gasteiger partial charge in [0.2, 0.25) is 0 Å². The van der Waals surface area contributed by atoms with E-state index >= 15 is 0 Å². The minimum atomic E-state index is -0.813. The molecule has 0 amide bonds. The number of anilines is 1. The van der Waals surface area contributed by atoms with Gasteiger partial charge in [-0.2, -0.15) is 0 Å². The van der Waals surface area contributed by atoms with Crippen molar-refractivity contribution in [2.75, 3.05) is 11.9 Å². The molecule has 3 aromatic rings. The van der Waals surface area contributed by atoms with Gasteiger partial charge >= 0.3 is 0 Å². The average molecular weight is 382 g/mol. The van der Waals surface area contributed by atoms with Crippen LogP contribution < -0.4 is 4.90 Å². The summed E-state index contributed by atoms with van der Waals surface area (Å²) in [4.78, 5) is 6.23. The first-order valence-electron chi connectivity index (χ1n) is 9.81. The molecule has 2 bridgehead atoms. The zero-order chi connectivity index (χ0) is 19.4. The summed E-state index contributed by atoms with van der Waals surface area (Å²) < 4.78 is 20.3. The third-order valence-electron chi connectivity index (χ3n) is 6.37. The molecule has 0 unspecified atom stereocenters. The summed E-state index contributed by atoms with van der Waals surface area (Å²) in [6.45, 7) is 1.76. The average Bonchev–Trinajstić information content (AvgIpc) is 3.26. The van der Waals surface area contributed by atoms with E-state index in [-0.39, 0.29) is 17.7 Å². The number of nitrogens with zero attached hydrogens (tertiary/aromatic N) is 4. The first kappa shape index (κ1) is 17.4. The number of aromatic hydroxyl groups is 1. The number of halogens is 1. The van der Waals surface area contributed by atoms with Gasteiger partial charge in [-0.05, 0) is 55.7 Å². The molecule has 0 saturated heterocycles. The van der Waals surface area contributed by atoms with Crippen molar-refractivity contribution in [3.8, 4) is 17.0 Å². The Morgan fingerprint density at radius 1 is 1.18 bits per heavy atom. The molecule has 2 aliphatic rings. The zero-order valence-electron chi connectivity index (χ0n) is 16.0. The number of oxazole rings is 1. The van der Waals surface area contributed by atoms with Crippen LogP contribution in [0, 0.1) is 18.8 Å². The van der Waals surface area contributed by atoms with E-state index in [1.165, 1.54) is 6.07 Å². The first-order valence-corrected chi connectivity index (χ1v) is 9.81. The van der Waals surface area contributed by atoms with Gasteiger partial charge in [0.05, 0.1) is 11.7 Å². The molecule has 2 heterocycles. The number of hydrogen-bond donors (Lipinski definition) is 1. The minimum Gasteiger partial charge on any atom is -0.507 e. The molecular weight excluding hydrogens is 359 g/mol. The molecule has 1 aromatic carbocycles. The number of fused-ring (bicyclic) bond motifs is 3. The fraction of sp³-hybridized carbons (Fsp3) is 0.476. The summed E-state index contributed by atoms with van der Waals surface area (Å²) in [6.07, 6.45) is 3.24. The molecule has 0 aliphatic heterocycles. The van der Waals surface area contributed by atoms with Gasteiger partial charge in [-0.3, -0.25) is 0 Å². The fourth-order valence-electron chi connectivity index (χ4n) is 4.88. The number of rotatable bonds is 3. The lowest BCUT2D eigenvalue weighted by atomic mass is 9.83. The highest BCUT2D eigenvalue weighted by Crippen LogP contribution is 2.45. The molecule has 6 nitrogen and oxygen atoms in total. The van der Waals surface area contributed by atoms with Crippen molar-refractivity contribution in [3.05, 3.63) is 30.2 Å². The molecule has 146 valence electrons. The van der Waals surface area contributed by atoms with E-state index in [0.29, 0.717) is 40.0 Å². The maximum Gasteiger partial charge on any atom is 0.192 e. The Bertz CT molecular complexity index is 1020. The molecule has 4 atom stereocenters. The Balaban J connectivity index is 1.42. The van der Waals surface area contributed by atoms with Crippen molar-refractivity contribution < 1.29 is 13.9 Å². The van der Waals surface area contributed by atoms with E-state index < -0.39 is 6.17 Å². The van der Waals surface area contributed by atoms with Gasteiger partial charge in [-0.25, -0.2) is 9.37 Å². The van der Waals surface area contributed by atoms with Gasteiger partial charge in [0.25, 0.3) is 0 Å². The summed E-state index contributed by atoms with van der Waals surface area (Å²) in [5, 5.41) is 18.9. The summed E-state index contributed by atoms with van der Waals surface area (Å²) in [6, 6.07) is 6.78. The number of aromatic nitrogens is 3. The number of aryl methyl sites for hydroxylation is 1. The van der Waals surface area contributed by atoms with Crippen molar-refractivity contribution in [2.45, 2.75) is 44.8 Å². The van der Waals surface area contributed by atoms with E-state index in [0.717, 1.165) is 25.7 Å². The molecule has 2 aromatic heterocycles. The Morgan fingerprint density at radius 3 is 2.82 bits per heavy atom. The van der Waals surface area contributed by atoms with Gasteiger partial charge in [0.1, 0.15) is 17.4 Å². The Labute approximate surface area is 162 Å². The summed E-state index contributed by atoms with van der Waals surface area (Å²) in [7, 11) is 1.90. The van der Waals surface area contributed by atoms with Crippen LogP contribution in [0.3, 0.4) is 0 Å². The normalized spacial score (nSPS) is 26.7. The Kier molecular flexibility index (Phi) is 4.00. The van der Waals surface area contributed by atoms with E-state index in [1.54, 1.807) is 19.1 Å². The topological polar surface area (TPSA) is 75.3 Å². The number of phenols is 1. The minimum absolute atomic E-state index is 0.0618. The Hall–Kier alpha value is -2.70. The second-order valence-corrected chi connectivity index (χ2v) is 8.14. The maximum absolute atomic E-state index is 14.9. The third-order valence-corrected chi connectivity index (χ3v) is 6.37. The lowest BCUT2D eigenvalue weighted by Gasteiger charge is -2.38. The second kappa shape index (κ2) is 6.43. The van der Waals surface area contributed by atoms with Gasteiger partial charge in [-0.15, -0.1) is 10.2 Å². The van der Waals surface area contributed by atoms with Crippen LogP contribution in [0.15, 0.2) is 28.7 Å². The third kappa shape index (κ3) is 2.80. The lowest BCUT2D eigenvalue weighted by molar-refractivity contribution is 0.144. The van der Waals surface area contributed by atoms with Gasteiger partial charge in [0.15, 0.2) is 17.3 Å². The van der Waals surface area contributed by atoms with Crippen LogP contribution in [-0.2, 0) is 0 Å². The number of benzene rings is 1. The molecule has 5 rings (SSSR count). The van der Waals surface area contributed by atoms with Gasteiger partial charge in [0, 0.05) is 25.6 Å². The number of alkyl halides is 1. The molecule has 7 heteroatoms. The van der Waals surface area contributed by atoms with Crippen LogP contribution in [0.5, 0.6) is 5.75 Å². The highest BCUT2D eigenvalue weighted by atomic mass is 19.1. The summed E-state index contributed by atoms with van der Waals surface area (Å²) in [5.41, 5.74) is 2.27. The van der Waals surface area contributed by atoms with E-state index in [9.17, 15) is 9.50 Å². The van der Waals surface area contributed by atoms with Crippen molar-refractivity contribution in [1.82, 2.24) is 15.2 Å². The fourth-order valence-corrected chi connectivity index (χ4v) is 4.88. The SMILES string of the molecule is Cc1nc2cc(-c3ccc(N(C)[C@@H]4C[C@H]5CC[C@H](C5)[C@@H]4F)nn3)c(O)cc2o1. The van der Waals surface area contributed by atoms with Crippen molar-refractivity contribution in [2.24, 2.45) is 11.8 Å². The lowest BCUT2D eigenvalue weighted by Crippen LogP contribution is -2.46. The van der Waals surface area contributed by atoms with Gasteiger partial charge in [-0.1, -0.05) is 0 Å². The number of hydrogen-bond acceptors (Lipinski definition) is 6. The molecule has 28 heavy (non-hydrogen) atoms. The predicted octanol–water partition coefficient (Wildman–Crippen LogP) is 4.26. The summed E-state index contributed by atoms with van der Waals surface area (Å²) in [5.74, 6) is 2.07. The van der Waals surface area contributed by atoms with Crippen molar-refractivity contribution in [1.29, 1.82) is 0 Å². The predicted molar refractivity (Wildman–Crippen MR) is 104 cm³/mol. The standard InChI is InChI=1S/C21H23FN4O2/c1-11-23-16-9-14(18(27)10-19(16)28-11)15-5-6-20(25-24-15)26(2)17-8-12-3-4-13(7-12)21(17)22/h5-6,9-10,12-13,17,21,27H,3-4,7-8H2,1-2H3/t12-,13+,17+,21-/m0/s1. The monoisotopic (exact) mass is 382 g/mol. The molecule has 2 fully saturated rings. The highest BCUT2D eigenvalue weighted by molar-refractivity contribution is 5.83. The van der Waals surface area contributed by atoms with Crippen molar-refractivity contribution in [3.63, 3.8) is 0 Å². The Morgan fingerprint density at radius 2 is 2.04 bits per heavy atom. The van der Waals surface area contributed by atoms with Gasteiger partial charge < -0.3 is 14.4 Å². The quantitative estimate of drug-likeness (QED) is 0.729. The van der Waals surface area contributed by atoms with Crippen LogP contribution >= 0.6 is 0 Å². The van der Waals surface area contributed by atoms with Crippen molar-refractivity contribution >= 4 is 16.9 Å². The van der Waals surface area contributed by atoms with Crippen LogP contribution in [-0.4, -0.2) is 39.5 Å². The maximum atomic E-state index is 14.9. The smallest absolute Gasteiger partial charge is 0.192 e. The first-order chi connectivity index (χ1) is 13.5. The molecule has 0 spiro atoms. The van der Waals surface area contributed by atoms with Crippen LogP contribution in [0.2, 0.25) is 0 Å². The molecule has 2 aliphatic carbocycles. The van der Waals surface area contributed by atoms with E-state index in [1.807, 2.05) is 18.0 Å². The van der Waals surface area contributed by atoms with Crippen LogP contribution in [0.25, 0.3) is 22.4 Å². The largest absolute Gasteiger partial charge is 0.507 e. The molecule has 2 saturated carbocycles. The summed E-state index contributed by atoms with van der Waals surface area (Å²) >= 11 is 0. The van der Waals surface area contributed by atoms with Crippen LogP contribution in [0.4, 0.5) is 10.2 Å². The zero-order valence-corrected chi connectivity index (χ0v) is 16.0. The number of phenolic OH excluding ortho intramolecular Hbond substituents is 1.